The third-order valence-corrected chi connectivity index (χ3v) is 9.04. The minimum absolute atomic E-state index is 0.192. The second-order valence-corrected chi connectivity index (χ2v) is 12.1. The van der Waals surface area contributed by atoms with Crippen molar-refractivity contribution in [2.45, 2.75) is 51.7 Å². The van der Waals surface area contributed by atoms with Crippen LogP contribution >= 0.6 is 15.9 Å². The number of hydrogen-bond donors (Lipinski definition) is 0. The Balaban J connectivity index is 2.41. The average molecular weight is 347 g/mol. The molecule has 1 rings (SSSR count). The van der Waals surface area contributed by atoms with Crippen molar-refractivity contribution in [1.82, 2.24) is 0 Å². The average Bonchev–Trinajstić information content (AvgIpc) is 2.27. The van der Waals surface area contributed by atoms with E-state index in [1.54, 1.807) is 12.1 Å². The van der Waals surface area contributed by atoms with Crippen molar-refractivity contribution in [3.8, 4) is 0 Å². The van der Waals surface area contributed by atoms with Crippen molar-refractivity contribution in [2.75, 3.05) is 6.61 Å². The molecule has 0 radical (unpaired) electrons. The number of aryl methyl sites for hydroxylation is 1. The SMILES string of the molecule is CC(C)(C)[Si](C)(C)OCCCc1ccc(Br)c(F)c1. The van der Waals surface area contributed by atoms with Crippen molar-refractivity contribution < 1.29 is 8.82 Å². The van der Waals surface area contributed by atoms with Gasteiger partial charge < -0.3 is 4.43 Å². The van der Waals surface area contributed by atoms with E-state index >= 15 is 0 Å². The van der Waals surface area contributed by atoms with Gasteiger partial charge in [0.1, 0.15) is 5.82 Å². The zero-order valence-corrected chi connectivity index (χ0v) is 15.1. The highest BCUT2D eigenvalue weighted by Gasteiger charge is 2.36. The summed E-state index contributed by atoms with van der Waals surface area (Å²) in [6, 6.07) is 5.31. The van der Waals surface area contributed by atoms with E-state index in [2.05, 4.69) is 49.8 Å². The largest absolute Gasteiger partial charge is 0.417 e. The third kappa shape index (κ3) is 5.01. The Hall–Kier alpha value is -0.193. The van der Waals surface area contributed by atoms with E-state index in [0.717, 1.165) is 25.0 Å². The second kappa shape index (κ2) is 6.51. The lowest BCUT2D eigenvalue weighted by molar-refractivity contribution is 0.282. The number of benzene rings is 1. The molecule has 0 saturated heterocycles. The van der Waals surface area contributed by atoms with Gasteiger partial charge in [-0.15, -0.1) is 0 Å². The van der Waals surface area contributed by atoms with Crippen LogP contribution in [0.3, 0.4) is 0 Å². The predicted molar refractivity (Wildman–Crippen MR) is 85.6 cm³/mol. The van der Waals surface area contributed by atoms with Gasteiger partial charge in [0.25, 0.3) is 0 Å². The third-order valence-electron chi connectivity index (χ3n) is 3.86. The molecule has 0 amide bonds. The van der Waals surface area contributed by atoms with Crippen LogP contribution in [0.2, 0.25) is 18.1 Å². The highest BCUT2D eigenvalue weighted by Crippen LogP contribution is 2.36. The van der Waals surface area contributed by atoms with Gasteiger partial charge in [0, 0.05) is 6.61 Å². The molecule has 0 fully saturated rings. The van der Waals surface area contributed by atoms with Crippen molar-refractivity contribution in [3.05, 3.63) is 34.1 Å². The van der Waals surface area contributed by atoms with Crippen LogP contribution in [0.5, 0.6) is 0 Å². The van der Waals surface area contributed by atoms with E-state index in [1.807, 2.05) is 6.07 Å². The molecule has 108 valence electrons. The maximum atomic E-state index is 13.4. The van der Waals surface area contributed by atoms with Crippen LogP contribution in [-0.2, 0) is 10.8 Å². The monoisotopic (exact) mass is 346 g/mol. The summed E-state index contributed by atoms with van der Waals surface area (Å²) in [4.78, 5) is 0. The molecule has 0 aromatic heterocycles. The van der Waals surface area contributed by atoms with Crippen molar-refractivity contribution in [2.24, 2.45) is 0 Å². The van der Waals surface area contributed by atoms with Gasteiger partial charge in [-0.1, -0.05) is 26.8 Å². The van der Waals surface area contributed by atoms with Crippen LogP contribution in [0.1, 0.15) is 32.8 Å². The topological polar surface area (TPSA) is 9.23 Å². The molecule has 0 saturated carbocycles. The zero-order valence-electron chi connectivity index (χ0n) is 12.5. The minimum Gasteiger partial charge on any atom is -0.417 e. The zero-order chi connectivity index (χ0) is 14.7. The Morgan fingerprint density at radius 2 is 1.89 bits per heavy atom. The highest BCUT2D eigenvalue weighted by atomic mass is 79.9. The van der Waals surface area contributed by atoms with Gasteiger partial charge in [-0.25, -0.2) is 4.39 Å². The summed E-state index contributed by atoms with van der Waals surface area (Å²) in [7, 11) is -1.64. The Bertz CT molecular complexity index is 427. The molecule has 19 heavy (non-hydrogen) atoms. The Morgan fingerprint density at radius 1 is 1.26 bits per heavy atom. The molecule has 0 spiro atoms. The quantitative estimate of drug-likeness (QED) is 0.502. The summed E-state index contributed by atoms with van der Waals surface area (Å²) < 4.78 is 20.0. The maximum Gasteiger partial charge on any atom is 0.191 e. The van der Waals surface area contributed by atoms with Gasteiger partial charge in [-0.05, 0) is 64.6 Å². The number of halogens is 2. The second-order valence-electron chi connectivity index (χ2n) is 6.46. The summed E-state index contributed by atoms with van der Waals surface area (Å²) in [6.45, 7) is 12.0. The van der Waals surface area contributed by atoms with E-state index in [0.29, 0.717) is 4.47 Å². The molecule has 0 unspecified atom stereocenters. The van der Waals surface area contributed by atoms with E-state index < -0.39 is 8.32 Å². The van der Waals surface area contributed by atoms with Crippen LogP contribution in [0, 0.1) is 5.82 Å². The molecule has 0 N–H and O–H groups in total. The van der Waals surface area contributed by atoms with Gasteiger partial charge in [0.15, 0.2) is 8.32 Å². The summed E-state index contributed by atoms with van der Waals surface area (Å²) in [5, 5.41) is 0.247. The molecular weight excluding hydrogens is 323 g/mol. The first-order chi connectivity index (χ1) is 8.63. The van der Waals surface area contributed by atoms with E-state index in [4.69, 9.17) is 4.43 Å². The fourth-order valence-electron chi connectivity index (χ4n) is 1.52. The van der Waals surface area contributed by atoms with E-state index in [9.17, 15) is 4.39 Å². The van der Waals surface area contributed by atoms with Crippen molar-refractivity contribution in [1.29, 1.82) is 0 Å². The summed E-state index contributed by atoms with van der Waals surface area (Å²) in [5.74, 6) is -0.192. The first-order valence-corrected chi connectivity index (χ1v) is 10.4. The molecule has 0 heterocycles. The molecule has 0 aliphatic heterocycles. The number of hydrogen-bond acceptors (Lipinski definition) is 1. The van der Waals surface area contributed by atoms with Crippen molar-refractivity contribution in [3.63, 3.8) is 0 Å². The first-order valence-electron chi connectivity index (χ1n) is 6.71. The molecule has 1 aromatic carbocycles. The van der Waals surface area contributed by atoms with Gasteiger partial charge in [0.2, 0.25) is 0 Å². The van der Waals surface area contributed by atoms with Crippen LogP contribution in [0.4, 0.5) is 4.39 Å². The van der Waals surface area contributed by atoms with Crippen molar-refractivity contribution >= 4 is 24.2 Å². The maximum absolute atomic E-state index is 13.4. The smallest absolute Gasteiger partial charge is 0.191 e. The Morgan fingerprint density at radius 3 is 2.42 bits per heavy atom. The fourth-order valence-corrected chi connectivity index (χ4v) is 2.85. The molecule has 0 aliphatic rings. The minimum atomic E-state index is -1.64. The summed E-state index contributed by atoms with van der Waals surface area (Å²) in [5.41, 5.74) is 1.03. The summed E-state index contributed by atoms with van der Waals surface area (Å²) in [6.07, 6.45) is 1.80. The summed E-state index contributed by atoms with van der Waals surface area (Å²) >= 11 is 3.16. The van der Waals surface area contributed by atoms with E-state index in [-0.39, 0.29) is 10.9 Å². The molecule has 1 aromatic rings. The lowest BCUT2D eigenvalue weighted by Gasteiger charge is -2.36. The molecular formula is C15H24BrFOSi. The highest BCUT2D eigenvalue weighted by molar-refractivity contribution is 9.10. The molecule has 4 heteroatoms. The van der Waals surface area contributed by atoms with Crippen LogP contribution in [-0.4, -0.2) is 14.9 Å². The predicted octanol–water partition coefficient (Wildman–Crippen LogP) is 5.54. The molecule has 0 bridgehead atoms. The van der Waals surface area contributed by atoms with Crippen LogP contribution < -0.4 is 0 Å². The first kappa shape index (κ1) is 16.9. The Labute approximate surface area is 125 Å². The lowest BCUT2D eigenvalue weighted by Crippen LogP contribution is -2.41. The molecule has 1 nitrogen and oxygen atoms in total. The Kier molecular flexibility index (Phi) is 5.77. The standard InChI is InChI=1S/C15H24BrFOSi/c1-15(2,3)19(4,5)18-10-6-7-12-8-9-13(16)14(17)11-12/h8-9,11H,6-7,10H2,1-5H3. The van der Waals surface area contributed by atoms with E-state index in [1.165, 1.54) is 0 Å². The van der Waals surface area contributed by atoms with Crippen LogP contribution in [0.15, 0.2) is 22.7 Å². The molecule has 0 aliphatic carbocycles. The fraction of sp³-hybridized carbons (Fsp3) is 0.600. The van der Waals surface area contributed by atoms with Gasteiger partial charge in [-0.3, -0.25) is 0 Å². The lowest BCUT2D eigenvalue weighted by atomic mass is 10.1. The normalized spacial score (nSPS) is 12.8. The number of rotatable bonds is 5. The van der Waals surface area contributed by atoms with Gasteiger partial charge >= 0.3 is 0 Å². The molecule has 0 atom stereocenters. The van der Waals surface area contributed by atoms with Gasteiger partial charge in [0.05, 0.1) is 4.47 Å². The van der Waals surface area contributed by atoms with Gasteiger partial charge in [-0.2, -0.15) is 0 Å². The van der Waals surface area contributed by atoms with Crippen LogP contribution in [0.25, 0.3) is 0 Å².